The average molecular weight is 370 g/mol. The van der Waals surface area contributed by atoms with Crippen LogP contribution in [0.3, 0.4) is 0 Å². The molecule has 1 saturated heterocycles. The molecule has 0 radical (unpaired) electrons. The van der Waals surface area contributed by atoms with Crippen LogP contribution < -0.4 is 5.32 Å². The Balaban J connectivity index is 1.48. The number of benzene rings is 1. The maximum Gasteiger partial charge on any atom is 0.311 e. The van der Waals surface area contributed by atoms with E-state index in [1.807, 2.05) is 32.0 Å². The monoisotopic (exact) mass is 370 g/mol. The highest BCUT2D eigenvalue weighted by Gasteiger charge is 2.35. The molecule has 3 rings (SSSR count). The molecule has 0 unspecified atom stereocenters. The lowest BCUT2D eigenvalue weighted by atomic mass is 10.1. The van der Waals surface area contributed by atoms with Gasteiger partial charge in [0.25, 0.3) is 5.91 Å². The summed E-state index contributed by atoms with van der Waals surface area (Å²) in [4.78, 5) is 37.9. The average Bonchev–Trinajstić information content (AvgIpc) is 3.27. The van der Waals surface area contributed by atoms with Crippen LogP contribution in [0.4, 0.5) is 5.69 Å². The van der Waals surface area contributed by atoms with E-state index in [4.69, 9.17) is 9.15 Å². The van der Waals surface area contributed by atoms with Crippen molar-refractivity contribution in [3.63, 3.8) is 0 Å². The Morgan fingerprint density at radius 3 is 2.85 bits per heavy atom. The second kappa shape index (κ2) is 8.07. The Morgan fingerprint density at radius 2 is 2.11 bits per heavy atom. The molecule has 0 spiro atoms. The van der Waals surface area contributed by atoms with E-state index in [-0.39, 0.29) is 25.5 Å². The molecule has 1 aromatic heterocycles. The number of esters is 1. The van der Waals surface area contributed by atoms with Gasteiger partial charge in [-0.2, -0.15) is 0 Å². The molecule has 0 saturated carbocycles. The summed E-state index contributed by atoms with van der Waals surface area (Å²) >= 11 is 0. The van der Waals surface area contributed by atoms with Gasteiger partial charge >= 0.3 is 5.97 Å². The molecular formula is C20H22N2O5. The van der Waals surface area contributed by atoms with E-state index in [2.05, 4.69) is 5.32 Å². The predicted octanol–water partition coefficient (Wildman–Crippen LogP) is 2.43. The number of furan rings is 1. The van der Waals surface area contributed by atoms with E-state index >= 15 is 0 Å². The number of nitrogens with one attached hydrogen (secondary N) is 1. The Kier molecular flexibility index (Phi) is 5.59. The number of amides is 2. The van der Waals surface area contributed by atoms with Gasteiger partial charge in [0.15, 0.2) is 6.61 Å². The second-order valence-corrected chi connectivity index (χ2v) is 6.73. The molecule has 2 amide bonds. The molecule has 1 fully saturated rings. The second-order valence-electron chi connectivity index (χ2n) is 6.73. The Hall–Kier alpha value is -3.09. The van der Waals surface area contributed by atoms with Crippen molar-refractivity contribution >= 4 is 23.5 Å². The van der Waals surface area contributed by atoms with Gasteiger partial charge in [-0.1, -0.05) is 12.1 Å². The maximum atomic E-state index is 12.2. The molecule has 1 aliphatic rings. The minimum atomic E-state index is -0.569. The molecule has 0 bridgehead atoms. The molecule has 2 aromatic rings. The van der Waals surface area contributed by atoms with Gasteiger partial charge in [0.2, 0.25) is 5.91 Å². The normalized spacial score (nSPS) is 16.4. The first kappa shape index (κ1) is 18.7. The number of anilines is 1. The molecule has 27 heavy (non-hydrogen) atoms. The molecule has 7 heteroatoms. The quantitative estimate of drug-likeness (QED) is 0.789. The van der Waals surface area contributed by atoms with Crippen molar-refractivity contribution in [3.05, 3.63) is 53.5 Å². The maximum absolute atomic E-state index is 12.2. The number of carbonyl (C=O) groups excluding carboxylic acids is 3. The lowest BCUT2D eigenvalue weighted by Crippen LogP contribution is -2.28. The van der Waals surface area contributed by atoms with Crippen LogP contribution in [0.2, 0.25) is 0 Å². The first-order chi connectivity index (χ1) is 12.9. The Morgan fingerprint density at radius 1 is 1.30 bits per heavy atom. The smallest absolute Gasteiger partial charge is 0.311 e. The third-order valence-electron chi connectivity index (χ3n) is 4.49. The lowest BCUT2D eigenvalue weighted by molar-refractivity contribution is -0.151. The van der Waals surface area contributed by atoms with Gasteiger partial charge < -0.3 is 19.4 Å². The molecule has 1 aliphatic heterocycles. The number of carbonyl (C=O) groups is 3. The molecule has 0 aliphatic carbocycles. The van der Waals surface area contributed by atoms with Crippen molar-refractivity contribution in [1.82, 2.24) is 4.90 Å². The fourth-order valence-corrected chi connectivity index (χ4v) is 2.98. The molecule has 7 nitrogen and oxygen atoms in total. The molecule has 1 N–H and O–H groups in total. The summed E-state index contributed by atoms with van der Waals surface area (Å²) in [6, 6.07) is 9.25. The zero-order valence-corrected chi connectivity index (χ0v) is 15.4. The van der Waals surface area contributed by atoms with Crippen molar-refractivity contribution in [3.8, 4) is 0 Å². The van der Waals surface area contributed by atoms with Crippen molar-refractivity contribution in [2.75, 3.05) is 18.5 Å². The first-order valence-corrected chi connectivity index (χ1v) is 8.76. The Labute approximate surface area is 157 Å². The number of ether oxygens (including phenoxy) is 1. The van der Waals surface area contributed by atoms with Gasteiger partial charge in [0.1, 0.15) is 5.76 Å². The van der Waals surface area contributed by atoms with E-state index < -0.39 is 17.8 Å². The minimum absolute atomic E-state index is 0.0815. The van der Waals surface area contributed by atoms with Gasteiger partial charge in [-0.15, -0.1) is 0 Å². The molecule has 1 aromatic carbocycles. The van der Waals surface area contributed by atoms with Crippen LogP contribution in [0.1, 0.15) is 23.3 Å². The van der Waals surface area contributed by atoms with Gasteiger partial charge in [-0.05, 0) is 43.2 Å². The summed E-state index contributed by atoms with van der Waals surface area (Å²) in [6.45, 7) is 4.02. The van der Waals surface area contributed by atoms with Crippen LogP contribution >= 0.6 is 0 Å². The van der Waals surface area contributed by atoms with Crippen LogP contribution in [-0.4, -0.2) is 35.8 Å². The largest absolute Gasteiger partial charge is 0.467 e. The number of hydrogen-bond donors (Lipinski definition) is 1. The highest BCUT2D eigenvalue weighted by atomic mass is 16.5. The predicted molar refractivity (Wildman–Crippen MR) is 97.7 cm³/mol. The number of nitrogens with zero attached hydrogens (tertiary/aromatic N) is 1. The zero-order chi connectivity index (χ0) is 19.4. The molecule has 142 valence electrons. The van der Waals surface area contributed by atoms with Crippen molar-refractivity contribution in [2.45, 2.75) is 26.8 Å². The first-order valence-electron chi connectivity index (χ1n) is 8.76. The fraction of sp³-hybridized carbons (Fsp3) is 0.350. The minimum Gasteiger partial charge on any atom is -0.467 e. The lowest BCUT2D eigenvalue weighted by Gasteiger charge is -2.15. The van der Waals surface area contributed by atoms with Crippen molar-refractivity contribution in [1.29, 1.82) is 0 Å². The molecular weight excluding hydrogens is 348 g/mol. The standard InChI is InChI=1S/C20H22N2O5/c1-13-5-6-14(2)17(8-13)21-18(23)12-27-20(25)15-9-19(24)22(10-15)11-16-4-3-7-26-16/h3-8,15H,9-12H2,1-2H3,(H,21,23)/t15-/m0/s1. The summed E-state index contributed by atoms with van der Waals surface area (Å²) in [7, 11) is 0. The van der Waals surface area contributed by atoms with Gasteiger partial charge in [-0.25, -0.2) is 0 Å². The SMILES string of the molecule is Cc1ccc(C)c(NC(=O)COC(=O)[C@H]2CC(=O)N(Cc3ccco3)C2)c1. The van der Waals surface area contributed by atoms with Gasteiger partial charge in [0.05, 0.1) is 18.7 Å². The van der Waals surface area contributed by atoms with E-state index in [1.165, 1.54) is 6.26 Å². The van der Waals surface area contributed by atoms with E-state index in [1.54, 1.807) is 17.0 Å². The third-order valence-corrected chi connectivity index (χ3v) is 4.49. The van der Waals surface area contributed by atoms with Gasteiger partial charge in [-0.3, -0.25) is 14.4 Å². The van der Waals surface area contributed by atoms with E-state index in [9.17, 15) is 14.4 Å². The number of aryl methyl sites for hydroxylation is 2. The van der Waals surface area contributed by atoms with Crippen molar-refractivity contribution in [2.24, 2.45) is 5.92 Å². The van der Waals surface area contributed by atoms with E-state index in [0.29, 0.717) is 18.0 Å². The van der Waals surface area contributed by atoms with Gasteiger partial charge in [0, 0.05) is 18.7 Å². The highest BCUT2D eigenvalue weighted by Crippen LogP contribution is 2.22. The topological polar surface area (TPSA) is 88.8 Å². The van der Waals surface area contributed by atoms with Crippen LogP contribution in [0, 0.1) is 19.8 Å². The van der Waals surface area contributed by atoms with Crippen LogP contribution in [0.25, 0.3) is 0 Å². The highest BCUT2D eigenvalue weighted by molar-refractivity contribution is 5.94. The number of rotatable bonds is 6. The number of hydrogen-bond acceptors (Lipinski definition) is 5. The van der Waals surface area contributed by atoms with Crippen LogP contribution in [0.15, 0.2) is 41.0 Å². The number of likely N-dealkylation sites (tertiary alicyclic amines) is 1. The van der Waals surface area contributed by atoms with Crippen LogP contribution in [0.5, 0.6) is 0 Å². The van der Waals surface area contributed by atoms with Crippen molar-refractivity contribution < 1.29 is 23.5 Å². The summed E-state index contributed by atoms with van der Waals surface area (Å²) in [5.74, 6) is -0.991. The fourth-order valence-electron chi connectivity index (χ4n) is 2.98. The molecule has 2 heterocycles. The summed E-state index contributed by atoms with van der Waals surface area (Å²) in [6.07, 6.45) is 1.62. The summed E-state index contributed by atoms with van der Waals surface area (Å²) in [5.41, 5.74) is 2.64. The van der Waals surface area contributed by atoms with E-state index in [0.717, 1.165) is 11.1 Å². The summed E-state index contributed by atoms with van der Waals surface area (Å²) < 4.78 is 10.3. The third kappa shape index (κ3) is 4.75. The molecule has 1 atom stereocenters. The summed E-state index contributed by atoms with van der Waals surface area (Å²) in [5, 5.41) is 2.74. The Bertz CT molecular complexity index is 844. The zero-order valence-electron chi connectivity index (χ0n) is 15.4. The van der Waals surface area contributed by atoms with Crippen LogP contribution in [-0.2, 0) is 25.7 Å².